The number of nitrogens with zero attached hydrogens (tertiary/aromatic N) is 2. The van der Waals surface area contributed by atoms with Crippen molar-refractivity contribution < 1.29 is 8.91 Å². The van der Waals surface area contributed by atoms with Gasteiger partial charge in [-0.1, -0.05) is 11.6 Å². The van der Waals surface area contributed by atoms with Gasteiger partial charge in [-0.15, -0.1) is 11.8 Å². The van der Waals surface area contributed by atoms with Crippen LogP contribution in [0.3, 0.4) is 0 Å². The van der Waals surface area contributed by atoms with E-state index in [9.17, 15) is 4.39 Å². The summed E-state index contributed by atoms with van der Waals surface area (Å²) in [7, 11) is 1.98. The lowest BCUT2D eigenvalue weighted by atomic mass is 10.0. The fourth-order valence-electron chi connectivity index (χ4n) is 2.76. The molecule has 2 aromatic rings. The molecule has 1 fully saturated rings. The molecule has 112 valence electrons. The monoisotopic (exact) mass is 307 g/mol. The third-order valence-electron chi connectivity index (χ3n) is 3.87. The van der Waals surface area contributed by atoms with Crippen LogP contribution in [0.15, 0.2) is 33.7 Å². The summed E-state index contributed by atoms with van der Waals surface area (Å²) in [6.45, 7) is 0. The summed E-state index contributed by atoms with van der Waals surface area (Å²) in [5, 5.41) is 7.37. The highest BCUT2D eigenvalue weighted by Gasteiger charge is 2.31. The predicted octanol–water partition coefficient (Wildman–Crippen LogP) is 3.36. The van der Waals surface area contributed by atoms with Gasteiger partial charge in [-0.3, -0.25) is 0 Å². The van der Waals surface area contributed by atoms with E-state index in [1.807, 2.05) is 7.05 Å². The minimum absolute atomic E-state index is 0.222. The standard InChI is InChI=1S/C15H18FN3OS/c1-17-13-4-2-3-12(13)15-18-14(19-20-15)9-21-11-7-5-10(16)6-8-11/h5-8,12-13,17H,2-4,9H2,1H3. The second-order valence-corrected chi connectivity index (χ2v) is 6.27. The van der Waals surface area contributed by atoms with E-state index in [1.54, 1.807) is 23.9 Å². The Bertz CT molecular complexity index is 587. The van der Waals surface area contributed by atoms with Crippen LogP contribution in [-0.2, 0) is 5.75 Å². The molecule has 0 radical (unpaired) electrons. The first-order valence-electron chi connectivity index (χ1n) is 7.14. The molecular weight excluding hydrogens is 289 g/mol. The summed E-state index contributed by atoms with van der Waals surface area (Å²) in [6, 6.07) is 6.87. The van der Waals surface area contributed by atoms with Crippen molar-refractivity contribution in [2.75, 3.05) is 7.05 Å². The molecule has 2 atom stereocenters. The van der Waals surface area contributed by atoms with Crippen molar-refractivity contribution in [3.05, 3.63) is 41.8 Å². The quantitative estimate of drug-likeness (QED) is 0.858. The van der Waals surface area contributed by atoms with Gasteiger partial charge in [0.25, 0.3) is 0 Å². The lowest BCUT2D eigenvalue weighted by Crippen LogP contribution is -2.27. The SMILES string of the molecule is CNC1CCCC1c1nc(CSc2ccc(F)cc2)no1. The second-order valence-electron chi connectivity index (χ2n) is 5.22. The number of hydrogen-bond acceptors (Lipinski definition) is 5. The van der Waals surface area contributed by atoms with E-state index in [-0.39, 0.29) is 5.82 Å². The van der Waals surface area contributed by atoms with Crippen LogP contribution in [0.5, 0.6) is 0 Å². The molecule has 1 heterocycles. The first-order valence-corrected chi connectivity index (χ1v) is 8.13. The molecular formula is C15H18FN3OS. The van der Waals surface area contributed by atoms with E-state index >= 15 is 0 Å². The van der Waals surface area contributed by atoms with Crippen LogP contribution in [0.4, 0.5) is 4.39 Å². The zero-order valence-electron chi connectivity index (χ0n) is 11.9. The van der Waals surface area contributed by atoms with E-state index < -0.39 is 0 Å². The molecule has 1 N–H and O–H groups in total. The van der Waals surface area contributed by atoms with Gasteiger partial charge < -0.3 is 9.84 Å². The second kappa shape index (κ2) is 6.58. The van der Waals surface area contributed by atoms with Crippen molar-refractivity contribution in [2.45, 2.75) is 41.9 Å². The van der Waals surface area contributed by atoms with Crippen LogP contribution in [0.2, 0.25) is 0 Å². The molecule has 2 unspecified atom stereocenters. The van der Waals surface area contributed by atoms with Crippen LogP contribution >= 0.6 is 11.8 Å². The van der Waals surface area contributed by atoms with E-state index in [1.165, 1.54) is 18.6 Å². The first kappa shape index (κ1) is 14.5. The minimum atomic E-state index is -0.222. The summed E-state index contributed by atoms with van der Waals surface area (Å²) in [5.41, 5.74) is 0. The Morgan fingerprint density at radius 1 is 1.33 bits per heavy atom. The van der Waals surface area contributed by atoms with E-state index in [4.69, 9.17) is 4.52 Å². The molecule has 1 aromatic heterocycles. The van der Waals surface area contributed by atoms with Crippen LogP contribution < -0.4 is 5.32 Å². The van der Waals surface area contributed by atoms with Crippen molar-refractivity contribution in [3.63, 3.8) is 0 Å². The molecule has 1 aromatic carbocycles. The Labute approximate surface area is 127 Å². The molecule has 0 spiro atoms. The maximum atomic E-state index is 12.8. The Kier molecular flexibility index (Phi) is 4.55. The molecule has 1 aliphatic rings. The highest BCUT2D eigenvalue weighted by atomic mass is 32.2. The highest BCUT2D eigenvalue weighted by Crippen LogP contribution is 2.33. The highest BCUT2D eigenvalue weighted by molar-refractivity contribution is 7.98. The largest absolute Gasteiger partial charge is 0.339 e. The topological polar surface area (TPSA) is 51.0 Å². The van der Waals surface area contributed by atoms with Crippen LogP contribution in [0.1, 0.15) is 36.9 Å². The Morgan fingerprint density at radius 2 is 2.14 bits per heavy atom. The summed E-state index contributed by atoms with van der Waals surface area (Å²) < 4.78 is 18.3. The number of thioether (sulfide) groups is 1. The summed E-state index contributed by atoms with van der Waals surface area (Å²) in [4.78, 5) is 5.51. The van der Waals surface area contributed by atoms with Gasteiger partial charge in [0.05, 0.1) is 11.7 Å². The molecule has 1 aliphatic carbocycles. The van der Waals surface area contributed by atoms with Gasteiger partial charge in [0.15, 0.2) is 5.82 Å². The van der Waals surface area contributed by atoms with E-state index in [2.05, 4.69) is 15.5 Å². The molecule has 3 rings (SSSR count). The van der Waals surface area contributed by atoms with Crippen LogP contribution in [0.25, 0.3) is 0 Å². The van der Waals surface area contributed by atoms with Crippen molar-refractivity contribution in [1.29, 1.82) is 0 Å². The van der Waals surface area contributed by atoms with Crippen molar-refractivity contribution in [1.82, 2.24) is 15.5 Å². The zero-order chi connectivity index (χ0) is 14.7. The van der Waals surface area contributed by atoms with Gasteiger partial charge in [-0.25, -0.2) is 4.39 Å². The summed E-state index contributed by atoms with van der Waals surface area (Å²) >= 11 is 1.58. The van der Waals surface area contributed by atoms with Crippen molar-refractivity contribution >= 4 is 11.8 Å². The number of hydrogen-bond donors (Lipinski definition) is 1. The lowest BCUT2D eigenvalue weighted by Gasteiger charge is -2.14. The number of halogens is 1. The molecule has 21 heavy (non-hydrogen) atoms. The van der Waals surface area contributed by atoms with Gasteiger partial charge in [-0.05, 0) is 44.2 Å². The van der Waals surface area contributed by atoms with Crippen molar-refractivity contribution in [2.24, 2.45) is 0 Å². The molecule has 0 bridgehead atoms. The maximum Gasteiger partial charge on any atom is 0.231 e. The normalized spacial score (nSPS) is 21.8. The smallest absolute Gasteiger partial charge is 0.231 e. The molecule has 1 saturated carbocycles. The molecule has 4 nitrogen and oxygen atoms in total. The van der Waals surface area contributed by atoms with E-state index in [0.29, 0.717) is 23.5 Å². The average Bonchev–Trinajstić information content (AvgIpc) is 3.15. The maximum absolute atomic E-state index is 12.8. The minimum Gasteiger partial charge on any atom is -0.339 e. The molecule has 0 saturated heterocycles. The van der Waals surface area contributed by atoms with Crippen LogP contribution in [-0.4, -0.2) is 23.2 Å². The third kappa shape index (κ3) is 3.44. The van der Waals surface area contributed by atoms with Gasteiger partial charge in [0.1, 0.15) is 5.82 Å². The average molecular weight is 307 g/mol. The number of rotatable bonds is 5. The molecule has 6 heteroatoms. The van der Waals surface area contributed by atoms with Crippen LogP contribution in [0, 0.1) is 5.82 Å². The first-order chi connectivity index (χ1) is 10.3. The number of nitrogens with one attached hydrogen (secondary N) is 1. The summed E-state index contributed by atoms with van der Waals surface area (Å²) in [6.07, 6.45) is 3.44. The summed E-state index contributed by atoms with van der Waals surface area (Å²) in [5.74, 6) is 2.17. The fourth-order valence-corrected chi connectivity index (χ4v) is 3.50. The lowest BCUT2D eigenvalue weighted by molar-refractivity contribution is 0.333. The number of likely N-dealkylation sites (N-methyl/N-ethyl adjacent to an activating group) is 1. The Hall–Kier alpha value is -1.40. The Balaban J connectivity index is 1.61. The van der Waals surface area contributed by atoms with E-state index in [0.717, 1.165) is 23.6 Å². The van der Waals surface area contributed by atoms with Gasteiger partial charge in [0, 0.05) is 10.9 Å². The number of benzene rings is 1. The molecule has 0 aliphatic heterocycles. The molecule has 0 amide bonds. The van der Waals surface area contributed by atoms with Gasteiger partial charge >= 0.3 is 0 Å². The Morgan fingerprint density at radius 3 is 2.90 bits per heavy atom. The van der Waals surface area contributed by atoms with Gasteiger partial charge in [-0.2, -0.15) is 4.98 Å². The fraction of sp³-hybridized carbons (Fsp3) is 0.467. The number of aromatic nitrogens is 2. The third-order valence-corrected chi connectivity index (χ3v) is 4.88. The predicted molar refractivity (Wildman–Crippen MR) is 79.7 cm³/mol. The van der Waals surface area contributed by atoms with Gasteiger partial charge in [0.2, 0.25) is 5.89 Å². The zero-order valence-corrected chi connectivity index (χ0v) is 12.7. The van der Waals surface area contributed by atoms with Crippen molar-refractivity contribution in [3.8, 4) is 0 Å².